The lowest BCUT2D eigenvalue weighted by Crippen LogP contribution is -2.59. The summed E-state index contributed by atoms with van der Waals surface area (Å²) in [6.07, 6.45) is 1.35. The molecule has 2 fully saturated rings. The lowest BCUT2D eigenvalue weighted by atomic mass is 9.77. The van der Waals surface area contributed by atoms with Crippen LogP contribution in [0.1, 0.15) is 18.4 Å². The Hall–Kier alpha value is -1.50. The molecule has 2 aromatic rings. The minimum Gasteiger partial charge on any atom is -0.385 e. The minimum atomic E-state index is -0.821. The highest BCUT2D eigenvalue weighted by Crippen LogP contribution is 2.40. The van der Waals surface area contributed by atoms with Gasteiger partial charge in [0.2, 0.25) is 0 Å². The number of piperidine rings is 1. The van der Waals surface area contributed by atoms with Crippen molar-refractivity contribution in [1.29, 1.82) is 0 Å². The second kappa shape index (κ2) is 4.25. The molecule has 2 aliphatic heterocycles. The van der Waals surface area contributed by atoms with E-state index in [4.69, 9.17) is 9.37 Å². The van der Waals surface area contributed by atoms with Crippen molar-refractivity contribution in [2.24, 2.45) is 0 Å². The van der Waals surface area contributed by atoms with Gasteiger partial charge in [-0.1, -0.05) is 6.07 Å². The first-order chi connectivity index (χ1) is 9.66. The summed E-state index contributed by atoms with van der Waals surface area (Å²) in [4.78, 5) is 2.33. The Morgan fingerprint density at radius 3 is 2.65 bits per heavy atom. The number of rotatable bonds is 1. The number of ether oxygens (including phenoxy) is 1. The van der Waals surface area contributed by atoms with Crippen LogP contribution in [0.2, 0.25) is 0 Å². The monoisotopic (exact) mass is 275 g/mol. The average Bonchev–Trinajstić information content (AvgIpc) is 2.88. The first kappa shape index (κ1) is 12.3. The van der Waals surface area contributed by atoms with E-state index in [0.29, 0.717) is 37.1 Å². The maximum Gasteiger partial charge on any atom is 0.135 e. The quantitative estimate of drug-likeness (QED) is 0.834. The smallest absolute Gasteiger partial charge is 0.135 e. The second-order valence-electron chi connectivity index (χ2n) is 5.92. The molecule has 2 saturated heterocycles. The summed E-state index contributed by atoms with van der Waals surface area (Å²) in [7, 11) is 2.11. The fourth-order valence-corrected chi connectivity index (χ4v) is 3.45. The number of aromatic nitrogens is 2. The maximum absolute atomic E-state index is 11.1. The van der Waals surface area contributed by atoms with Gasteiger partial charge in [0.25, 0.3) is 0 Å². The molecule has 2 bridgehead atoms. The van der Waals surface area contributed by atoms with Crippen LogP contribution in [0.3, 0.4) is 0 Å². The molecule has 0 saturated carbocycles. The second-order valence-corrected chi connectivity index (χ2v) is 5.92. The zero-order valence-electron chi connectivity index (χ0n) is 11.3. The Labute approximate surface area is 116 Å². The lowest BCUT2D eigenvalue weighted by Gasteiger charge is -2.50. The normalized spacial score (nSPS) is 34.5. The van der Waals surface area contributed by atoms with Gasteiger partial charge in [-0.3, -0.25) is 4.90 Å². The molecular weight excluding hydrogens is 258 g/mol. The Kier molecular flexibility index (Phi) is 2.60. The molecule has 2 unspecified atom stereocenters. The SMILES string of the molecule is CN1C2COCC1CC(O)(c1ccc3nonc3c1)C2. The van der Waals surface area contributed by atoms with Crippen LogP contribution < -0.4 is 0 Å². The van der Waals surface area contributed by atoms with Crippen molar-refractivity contribution in [2.45, 2.75) is 30.5 Å². The average molecular weight is 275 g/mol. The molecule has 2 aliphatic rings. The number of fused-ring (bicyclic) bond motifs is 3. The van der Waals surface area contributed by atoms with Gasteiger partial charge in [-0.25, -0.2) is 4.63 Å². The molecule has 0 aliphatic carbocycles. The van der Waals surface area contributed by atoms with E-state index in [1.54, 1.807) is 0 Å². The number of hydrogen-bond acceptors (Lipinski definition) is 6. The summed E-state index contributed by atoms with van der Waals surface area (Å²) in [5.41, 5.74) is 1.48. The van der Waals surface area contributed by atoms with Crippen molar-refractivity contribution >= 4 is 11.0 Å². The van der Waals surface area contributed by atoms with Gasteiger partial charge < -0.3 is 9.84 Å². The third-order valence-corrected chi connectivity index (χ3v) is 4.71. The van der Waals surface area contributed by atoms with E-state index in [0.717, 1.165) is 5.56 Å². The zero-order valence-corrected chi connectivity index (χ0v) is 11.3. The van der Waals surface area contributed by atoms with Gasteiger partial charge in [0, 0.05) is 12.1 Å². The van der Waals surface area contributed by atoms with Crippen molar-refractivity contribution in [3.63, 3.8) is 0 Å². The van der Waals surface area contributed by atoms with E-state index in [-0.39, 0.29) is 12.1 Å². The van der Waals surface area contributed by atoms with Crippen molar-refractivity contribution in [2.75, 3.05) is 20.3 Å². The predicted molar refractivity (Wildman–Crippen MR) is 71.1 cm³/mol. The largest absolute Gasteiger partial charge is 0.385 e. The molecule has 20 heavy (non-hydrogen) atoms. The molecule has 4 rings (SSSR count). The van der Waals surface area contributed by atoms with Crippen molar-refractivity contribution < 1.29 is 14.5 Å². The van der Waals surface area contributed by atoms with E-state index in [1.165, 1.54) is 0 Å². The molecule has 1 N–H and O–H groups in total. The Morgan fingerprint density at radius 2 is 1.90 bits per heavy atom. The first-order valence-corrected chi connectivity index (χ1v) is 6.91. The van der Waals surface area contributed by atoms with Gasteiger partial charge in [0.1, 0.15) is 11.0 Å². The molecule has 6 heteroatoms. The highest BCUT2D eigenvalue weighted by atomic mass is 16.6. The predicted octanol–water partition coefficient (Wildman–Crippen LogP) is 0.903. The summed E-state index contributed by atoms with van der Waals surface area (Å²) in [5, 5.41) is 18.8. The molecule has 0 radical (unpaired) electrons. The van der Waals surface area contributed by atoms with Gasteiger partial charge in [-0.15, -0.1) is 0 Å². The molecule has 3 heterocycles. The Bertz CT molecular complexity index is 627. The maximum atomic E-state index is 11.1. The third kappa shape index (κ3) is 1.76. The van der Waals surface area contributed by atoms with E-state index in [9.17, 15) is 5.11 Å². The van der Waals surface area contributed by atoms with Gasteiger partial charge in [0.05, 0.1) is 18.8 Å². The van der Waals surface area contributed by atoms with Gasteiger partial charge in [-0.2, -0.15) is 0 Å². The Balaban J connectivity index is 1.72. The van der Waals surface area contributed by atoms with Crippen LogP contribution in [0.5, 0.6) is 0 Å². The van der Waals surface area contributed by atoms with Crippen molar-refractivity contribution in [3.05, 3.63) is 23.8 Å². The van der Waals surface area contributed by atoms with E-state index in [1.807, 2.05) is 18.2 Å². The molecule has 106 valence electrons. The van der Waals surface area contributed by atoms with Crippen LogP contribution in [0.25, 0.3) is 11.0 Å². The van der Waals surface area contributed by atoms with E-state index >= 15 is 0 Å². The van der Waals surface area contributed by atoms with Crippen LogP contribution >= 0.6 is 0 Å². The zero-order chi connectivity index (χ0) is 13.7. The molecule has 0 spiro atoms. The van der Waals surface area contributed by atoms with Crippen LogP contribution in [0.15, 0.2) is 22.8 Å². The van der Waals surface area contributed by atoms with Gasteiger partial charge in [-0.05, 0) is 47.9 Å². The number of hydrogen-bond donors (Lipinski definition) is 1. The molecule has 1 aromatic carbocycles. The van der Waals surface area contributed by atoms with Crippen LogP contribution in [-0.2, 0) is 10.3 Å². The molecule has 1 aromatic heterocycles. The standard InChI is InChI=1S/C14H17N3O3/c1-17-10-5-14(18,6-11(17)8-19-7-10)9-2-3-12-13(4-9)16-20-15-12/h2-4,10-11,18H,5-8H2,1H3. The number of morpholine rings is 1. The summed E-state index contributed by atoms with van der Waals surface area (Å²) >= 11 is 0. The molecular formula is C14H17N3O3. The third-order valence-electron chi connectivity index (χ3n) is 4.71. The van der Waals surface area contributed by atoms with Gasteiger partial charge in [0.15, 0.2) is 0 Å². The highest BCUT2D eigenvalue weighted by Gasteiger charge is 2.45. The lowest BCUT2D eigenvalue weighted by molar-refractivity contribution is -0.137. The van der Waals surface area contributed by atoms with Crippen LogP contribution in [0.4, 0.5) is 0 Å². The molecule has 2 atom stereocenters. The van der Waals surface area contributed by atoms with E-state index in [2.05, 4.69) is 22.3 Å². The minimum absolute atomic E-state index is 0.263. The van der Waals surface area contributed by atoms with Crippen LogP contribution in [0, 0.1) is 0 Å². The topological polar surface area (TPSA) is 71.6 Å². The summed E-state index contributed by atoms with van der Waals surface area (Å²) in [6.45, 7) is 1.37. The molecule has 6 nitrogen and oxygen atoms in total. The highest BCUT2D eigenvalue weighted by molar-refractivity contribution is 5.74. The van der Waals surface area contributed by atoms with Crippen molar-refractivity contribution in [1.82, 2.24) is 15.2 Å². The fraction of sp³-hybridized carbons (Fsp3) is 0.571. The number of nitrogens with zero attached hydrogens (tertiary/aromatic N) is 3. The number of benzene rings is 1. The summed E-state index contributed by atoms with van der Waals surface area (Å²) in [5.74, 6) is 0. The summed E-state index contributed by atoms with van der Waals surface area (Å²) < 4.78 is 10.3. The van der Waals surface area contributed by atoms with E-state index < -0.39 is 5.60 Å². The van der Waals surface area contributed by atoms with Crippen LogP contribution in [-0.4, -0.2) is 52.7 Å². The number of aliphatic hydroxyl groups is 1. The summed E-state index contributed by atoms with van der Waals surface area (Å²) in [6, 6.07) is 6.18. The first-order valence-electron chi connectivity index (χ1n) is 6.91. The van der Waals surface area contributed by atoms with Crippen molar-refractivity contribution in [3.8, 4) is 0 Å². The van der Waals surface area contributed by atoms with Gasteiger partial charge >= 0.3 is 0 Å². The molecule has 0 amide bonds. The number of likely N-dealkylation sites (N-methyl/N-ethyl adjacent to an activating group) is 1. The fourth-order valence-electron chi connectivity index (χ4n) is 3.45. The Morgan fingerprint density at radius 1 is 1.20 bits per heavy atom.